The van der Waals surface area contributed by atoms with Gasteiger partial charge in [-0.2, -0.15) is 0 Å². The lowest BCUT2D eigenvalue weighted by molar-refractivity contribution is -0.115. The first-order valence-corrected chi connectivity index (χ1v) is 7.22. The van der Waals surface area contributed by atoms with Crippen LogP contribution in [-0.2, 0) is 9.53 Å². The summed E-state index contributed by atoms with van der Waals surface area (Å²) in [5.74, 6) is -0.444. The number of anilines is 1. The lowest BCUT2D eigenvalue weighted by Crippen LogP contribution is -2.46. The summed E-state index contributed by atoms with van der Waals surface area (Å²) in [5, 5.41) is 5.92. The fraction of sp³-hybridized carbons (Fsp3) is 0.533. The number of amides is 1. The zero-order valence-corrected chi connectivity index (χ0v) is 12.3. The van der Waals surface area contributed by atoms with Crippen molar-refractivity contribution >= 4 is 11.6 Å². The van der Waals surface area contributed by atoms with Crippen molar-refractivity contribution in [2.75, 3.05) is 44.7 Å². The van der Waals surface area contributed by atoms with Gasteiger partial charge in [-0.15, -0.1) is 0 Å². The van der Waals surface area contributed by atoms with Crippen molar-refractivity contribution in [2.24, 2.45) is 0 Å². The minimum atomic E-state index is -0.315. The number of rotatable bonds is 6. The monoisotopic (exact) mass is 295 g/mol. The molecule has 0 spiro atoms. The lowest BCUT2D eigenvalue weighted by atomic mass is 10.2. The molecule has 0 aromatic heterocycles. The Bertz CT molecular complexity index is 447. The molecule has 5 nitrogen and oxygen atoms in total. The Balaban J connectivity index is 1.66. The number of nitrogens with zero attached hydrogens (tertiary/aromatic N) is 1. The molecular weight excluding hydrogens is 273 g/mol. The molecule has 1 fully saturated rings. The Labute approximate surface area is 124 Å². The van der Waals surface area contributed by atoms with E-state index in [-0.39, 0.29) is 24.3 Å². The minimum Gasteiger partial charge on any atom is -0.379 e. The van der Waals surface area contributed by atoms with Crippen LogP contribution in [0.15, 0.2) is 24.3 Å². The molecule has 0 radical (unpaired) electrons. The molecule has 0 bridgehead atoms. The van der Waals surface area contributed by atoms with Crippen LogP contribution in [0.2, 0.25) is 0 Å². The Kier molecular flexibility index (Phi) is 6.10. The van der Waals surface area contributed by atoms with Gasteiger partial charge in [0.25, 0.3) is 0 Å². The maximum atomic E-state index is 12.8. The van der Waals surface area contributed by atoms with E-state index in [0.717, 1.165) is 32.8 Å². The number of carbonyl (C=O) groups excluding carboxylic acids is 1. The first kappa shape index (κ1) is 15.9. The number of benzene rings is 1. The molecule has 1 aromatic rings. The number of halogens is 1. The predicted molar refractivity (Wildman–Crippen MR) is 79.8 cm³/mol. The normalized spacial score (nSPS) is 17.4. The van der Waals surface area contributed by atoms with Crippen LogP contribution in [0.25, 0.3) is 0 Å². The Morgan fingerprint density at radius 1 is 1.33 bits per heavy atom. The van der Waals surface area contributed by atoms with Crippen LogP contribution in [0.4, 0.5) is 10.1 Å². The van der Waals surface area contributed by atoms with Crippen LogP contribution >= 0.6 is 0 Å². The zero-order valence-electron chi connectivity index (χ0n) is 12.3. The predicted octanol–water partition coefficient (Wildman–Crippen LogP) is 1.07. The van der Waals surface area contributed by atoms with Crippen molar-refractivity contribution in [3.63, 3.8) is 0 Å². The highest BCUT2D eigenvalue weighted by atomic mass is 19.1. The largest absolute Gasteiger partial charge is 0.379 e. The third-order valence-corrected chi connectivity index (χ3v) is 3.37. The van der Waals surface area contributed by atoms with Crippen molar-refractivity contribution in [2.45, 2.75) is 13.0 Å². The fourth-order valence-corrected chi connectivity index (χ4v) is 2.24. The molecule has 1 aliphatic heterocycles. The third-order valence-electron chi connectivity index (χ3n) is 3.37. The molecule has 6 heteroatoms. The molecule has 1 saturated heterocycles. The maximum absolute atomic E-state index is 12.8. The highest BCUT2D eigenvalue weighted by Crippen LogP contribution is 2.07. The first-order chi connectivity index (χ1) is 10.1. The van der Waals surface area contributed by atoms with Crippen LogP contribution in [0, 0.1) is 5.82 Å². The van der Waals surface area contributed by atoms with Crippen LogP contribution in [-0.4, -0.2) is 56.2 Å². The highest BCUT2D eigenvalue weighted by molar-refractivity contribution is 5.92. The molecule has 116 valence electrons. The second-order valence-electron chi connectivity index (χ2n) is 5.25. The van der Waals surface area contributed by atoms with Gasteiger partial charge in [0.2, 0.25) is 5.91 Å². The van der Waals surface area contributed by atoms with Crippen molar-refractivity contribution in [3.8, 4) is 0 Å². The molecule has 1 atom stereocenters. The van der Waals surface area contributed by atoms with E-state index in [9.17, 15) is 9.18 Å². The Morgan fingerprint density at radius 3 is 2.67 bits per heavy atom. The van der Waals surface area contributed by atoms with Gasteiger partial charge >= 0.3 is 0 Å². The molecule has 2 N–H and O–H groups in total. The molecule has 1 aliphatic rings. The second kappa shape index (κ2) is 8.07. The van der Waals surface area contributed by atoms with Gasteiger partial charge in [0.15, 0.2) is 0 Å². The topological polar surface area (TPSA) is 53.6 Å². The quantitative estimate of drug-likeness (QED) is 0.824. The van der Waals surface area contributed by atoms with Gasteiger partial charge in [-0.1, -0.05) is 0 Å². The average Bonchev–Trinajstić information content (AvgIpc) is 2.49. The number of morpholine rings is 1. The van der Waals surface area contributed by atoms with Crippen molar-refractivity contribution in [3.05, 3.63) is 30.1 Å². The van der Waals surface area contributed by atoms with E-state index in [1.165, 1.54) is 12.1 Å². The summed E-state index contributed by atoms with van der Waals surface area (Å²) >= 11 is 0. The Hall–Kier alpha value is -1.50. The first-order valence-electron chi connectivity index (χ1n) is 7.22. The smallest absolute Gasteiger partial charge is 0.238 e. The van der Waals surface area contributed by atoms with Gasteiger partial charge in [0, 0.05) is 31.4 Å². The molecule has 1 heterocycles. The summed E-state index contributed by atoms with van der Waals surface area (Å²) in [6, 6.07) is 5.96. The molecule has 2 rings (SSSR count). The van der Waals surface area contributed by atoms with E-state index < -0.39 is 0 Å². The SMILES string of the molecule is CC(CN1CCOCC1)NCC(=O)Nc1ccc(F)cc1. The lowest BCUT2D eigenvalue weighted by Gasteiger charge is -2.29. The number of nitrogens with one attached hydrogen (secondary N) is 2. The van der Waals surface area contributed by atoms with Gasteiger partial charge in [0.05, 0.1) is 19.8 Å². The summed E-state index contributed by atoms with van der Waals surface area (Å²) in [6.45, 7) is 6.62. The van der Waals surface area contributed by atoms with E-state index >= 15 is 0 Å². The van der Waals surface area contributed by atoms with E-state index in [1.54, 1.807) is 12.1 Å². The molecule has 0 aliphatic carbocycles. The van der Waals surface area contributed by atoms with Crippen molar-refractivity contribution < 1.29 is 13.9 Å². The van der Waals surface area contributed by atoms with E-state index in [1.807, 2.05) is 0 Å². The van der Waals surface area contributed by atoms with Crippen molar-refractivity contribution in [1.29, 1.82) is 0 Å². The molecule has 1 amide bonds. The summed E-state index contributed by atoms with van der Waals surface area (Å²) in [5.41, 5.74) is 0.601. The van der Waals surface area contributed by atoms with Gasteiger partial charge in [-0.25, -0.2) is 4.39 Å². The van der Waals surface area contributed by atoms with Crippen LogP contribution in [0.1, 0.15) is 6.92 Å². The number of hydrogen-bond donors (Lipinski definition) is 2. The van der Waals surface area contributed by atoms with E-state index in [2.05, 4.69) is 22.5 Å². The summed E-state index contributed by atoms with van der Waals surface area (Å²) in [7, 11) is 0. The van der Waals surface area contributed by atoms with Gasteiger partial charge in [-0.05, 0) is 31.2 Å². The number of hydrogen-bond acceptors (Lipinski definition) is 4. The third kappa shape index (κ3) is 5.79. The number of carbonyl (C=O) groups is 1. The molecule has 0 saturated carbocycles. The van der Waals surface area contributed by atoms with E-state index in [4.69, 9.17) is 4.74 Å². The molecule has 1 unspecified atom stereocenters. The Morgan fingerprint density at radius 2 is 2.00 bits per heavy atom. The second-order valence-corrected chi connectivity index (χ2v) is 5.25. The fourth-order valence-electron chi connectivity index (χ4n) is 2.24. The van der Waals surface area contributed by atoms with Crippen LogP contribution in [0.5, 0.6) is 0 Å². The van der Waals surface area contributed by atoms with Crippen molar-refractivity contribution in [1.82, 2.24) is 10.2 Å². The molecular formula is C15H22FN3O2. The van der Waals surface area contributed by atoms with Crippen LogP contribution < -0.4 is 10.6 Å². The summed E-state index contributed by atoms with van der Waals surface area (Å²) < 4.78 is 18.1. The maximum Gasteiger partial charge on any atom is 0.238 e. The molecule has 21 heavy (non-hydrogen) atoms. The minimum absolute atomic E-state index is 0.129. The summed E-state index contributed by atoms with van der Waals surface area (Å²) in [4.78, 5) is 14.1. The number of ether oxygens (including phenoxy) is 1. The average molecular weight is 295 g/mol. The van der Waals surface area contributed by atoms with Gasteiger partial charge in [0.1, 0.15) is 5.82 Å². The standard InChI is InChI=1S/C15H22FN3O2/c1-12(11-19-6-8-21-9-7-19)17-10-15(20)18-14-4-2-13(16)3-5-14/h2-5,12,17H,6-11H2,1H3,(H,18,20). The zero-order chi connectivity index (χ0) is 15.1. The van der Waals surface area contributed by atoms with E-state index in [0.29, 0.717) is 5.69 Å². The highest BCUT2D eigenvalue weighted by Gasteiger charge is 2.14. The summed E-state index contributed by atoms with van der Waals surface area (Å²) in [6.07, 6.45) is 0. The van der Waals surface area contributed by atoms with Crippen LogP contribution in [0.3, 0.4) is 0 Å². The van der Waals surface area contributed by atoms with Gasteiger partial charge < -0.3 is 15.4 Å². The molecule has 1 aromatic carbocycles. The van der Waals surface area contributed by atoms with Gasteiger partial charge in [-0.3, -0.25) is 9.69 Å².